The highest BCUT2D eigenvalue weighted by molar-refractivity contribution is 7.98. The molecule has 1 saturated heterocycles. The molecule has 1 aromatic rings. The number of hydrogen-bond acceptors (Lipinski definition) is 3. The summed E-state index contributed by atoms with van der Waals surface area (Å²) in [5.41, 5.74) is 2.71. The minimum absolute atomic E-state index is 0.233. The van der Waals surface area contributed by atoms with Gasteiger partial charge in [0.25, 0.3) is 0 Å². The van der Waals surface area contributed by atoms with Gasteiger partial charge in [-0.1, -0.05) is 29.8 Å². The van der Waals surface area contributed by atoms with E-state index in [1.54, 1.807) is 0 Å². The SMILES string of the molecule is Cc1cccc(CSCCCNC(=O)C2CCN(C)CC2)c1. The maximum absolute atomic E-state index is 12.1. The molecule has 4 heteroatoms. The van der Waals surface area contributed by atoms with Crippen molar-refractivity contribution in [2.75, 3.05) is 32.4 Å². The monoisotopic (exact) mass is 320 g/mol. The van der Waals surface area contributed by atoms with E-state index in [9.17, 15) is 4.79 Å². The van der Waals surface area contributed by atoms with E-state index in [4.69, 9.17) is 0 Å². The molecular formula is C18H28N2OS. The van der Waals surface area contributed by atoms with Crippen molar-refractivity contribution >= 4 is 17.7 Å². The van der Waals surface area contributed by atoms with Crippen molar-refractivity contribution in [3.8, 4) is 0 Å². The smallest absolute Gasteiger partial charge is 0.223 e. The van der Waals surface area contributed by atoms with Crippen LogP contribution in [-0.4, -0.2) is 43.2 Å². The van der Waals surface area contributed by atoms with Crippen molar-refractivity contribution < 1.29 is 4.79 Å². The van der Waals surface area contributed by atoms with Gasteiger partial charge < -0.3 is 10.2 Å². The average molecular weight is 321 g/mol. The van der Waals surface area contributed by atoms with E-state index in [0.717, 1.165) is 50.4 Å². The lowest BCUT2D eigenvalue weighted by molar-refractivity contribution is -0.126. The maximum atomic E-state index is 12.1. The van der Waals surface area contributed by atoms with E-state index >= 15 is 0 Å². The Morgan fingerprint density at radius 3 is 2.86 bits per heavy atom. The minimum Gasteiger partial charge on any atom is -0.356 e. The molecule has 0 aliphatic carbocycles. The summed E-state index contributed by atoms with van der Waals surface area (Å²) in [5, 5.41) is 3.10. The predicted octanol–water partition coefficient (Wildman–Crippen LogP) is 3.08. The van der Waals surface area contributed by atoms with Crippen LogP contribution in [-0.2, 0) is 10.5 Å². The lowest BCUT2D eigenvalue weighted by Gasteiger charge is -2.28. The molecule has 0 bridgehead atoms. The van der Waals surface area contributed by atoms with Gasteiger partial charge in [-0.2, -0.15) is 11.8 Å². The fourth-order valence-corrected chi connectivity index (χ4v) is 3.70. The highest BCUT2D eigenvalue weighted by Crippen LogP contribution is 2.16. The van der Waals surface area contributed by atoms with Crippen LogP contribution >= 0.6 is 11.8 Å². The topological polar surface area (TPSA) is 32.3 Å². The molecule has 22 heavy (non-hydrogen) atoms. The van der Waals surface area contributed by atoms with Crippen molar-refractivity contribution in [3.05, 3.63) is 35.4 Å². The van der Waals surface area contributed by atoms with Crippen LogP contribution in [0.5, 0.6) is 0 Å². The Morgan fingerprint density at radius 1 is 1.36 bits per heavy atom. The van der Waals surface area contributed by atoms with E-state index in [-0.39, 0.29) is 11.8 Å². The number of thioether (sulfide) groups is 1. The van der Waals surface area contributed by atoms with E-state index in [1.807, 2.05) is 11.8 Å². The van der Waals surface area contributed by atoms with E-state index < -0.39 is 0 Å². The van der Waals surface area contributed by atoms with Crippen LogP contribution in [0.4, 0.5) is 0 Å². The van der Waals surface area contributed by atoms with Crippen LogP contribution in [0.1, 0.15) is 30.4 Å². The first-order valence-corrected chi connectivity index (χ1v) is 9.40. The first kappa shape index (κ1) is 17.4. The van der Waals surface area contributed by atoms with Gasteiger partial charge in [0.15, 0.2) is 0 Å². The van der Waals surface area contributed by atoms with Crippen LogP contribution in [0.3, 0.4) is 0 Å². The zero-order valence-corrected chi connectivity index (χ0v) is 14.6. The summed E-state index contributed by atoms with van der Waals surface area (Å²) in [7, 11) is 2.12. The molecule has 0 radical (unpaired) electrons. The molecule has 1 amide bonds. The number of rotatable bonds is 7. The van der Waals surface area contributed by atoms with Crippen molar-refractivity contribution in [3.63, 3.8) is 0 Å². The van der Waals surface area contributed by atoms with Gasteiger partial charge in [-0.05, 0) is 57.6 Å². The molecule has 0 atom stereocenters. The molecular weight excluding hydrogens is 292 g/mol. The highest BCUT2D eigenvalue weighted by atomic mass is 32.2. The van der Waals surface area contributed by atoms with E-state index in [2.05, 4.69) is 48.5 Å². The molecule has 1 aliphatic rings. The van der Waals surface area contributed by atoms with Gasteiger partial charge in [-0.25, -0.2) is 0 Å². The Labute approximate surface area is 138 Å². The average Bonchev–Trinajstić information content (AvgIpc) is 2.51. The third-order valence-electron chi connectivity index (χ3n) is 4.21. The van der Waals surface area contributed by atoms with Crippen LogP contribution in [0.25, 0.3) is 0 Å². The predicted molar refractivity (Wildman–Crippen MR) is 95.2 cm³/mol. The molecule has 0 saturated carbocycles. The normalized spacial score (nSPS) is 16.6. The van der Waals surface area contributed by atoms with Gasteiger partial charge in [0.2, 0.25) is 5.91 Å². The number of carbonyl (C=O) groups is 1. The molecule has 2 rings (SSSR count). The molecule has 0 unspecified atom stereocenters. The van der Waals surface area contributed by atoms with Crippen molar-refractivity contribution in [2.45, 2.75) is 31.9 Å². The zero-order chi connectivity index (χ0) is 15.8. The number of hydrogen-bond donors (Lipinski definition) is 1. The standard InChI is InChI=1S/C18H28N2OS/c1-15-5-3-6-16(13-15)14-22-12-4-9-19-18(21)17-7-10-20(2)11-8-17/h3,5-6,13,17H,4,7-12,14H2,1-2H3,(H,19,21). The Kier molecular flexibility index (Phi) is 7.26. The molecule has 122 valence electrons. The number of piperidine rings is 1. The van der Waals surface area contributed by atoms with Gasteiger partial charge in [-0.3, -0.25) is 4.79 Å². The quantitative estimate of drug-likeness (QED) is 0.784. The van der Waals surface area contributed by atoms with Crippen LogP contribution in [0.15, 0.2) is 24.3 Å². The van der Waals surface area contributed by atoms with Crippen molar-refractivity contribution in [1.82, 2.24) is 10.2 Å². The Balaban J connectivity index is 1.53. The van der Waals surface area contributed by atoms with Crippen LogP contribution < -0.4 is 5.32 Å². The molecule has 1 aromatic carbocycles. The summed E-state index contributed by atoms with van der Waals surface area (Å²) in [4.78, 5) is 14.4. The fraction of sp³-hybridized carbons (Fsp3) is 0.611. The third kappa shape index (κ3) is 6.01. The van der Waals surface area contributed by atoms with Crippen LogP contribution in [0.2, 0.25) is 0 Å². The molecule has 1 N–H and O–H groups in total. The number of carbonyl (C=O) groups excluding carboxylic acids is 1. The number of nitrogens with zero attached hydrogens (tertiary/aromatic N) is 1. The maximum Gasteiger partial charge on any atom is 0.223 e. The van der Waals surface area contributed by atoms with E-state index in [0.29, 0.717) is 0 Å². The van der Waals surface area contributed by atoms with Crippen LogP contribution in [0, 0.1) is 12.8 Å². The number of likely N-dealkylation sites (tertiary alicyclic amines) is 1. The molecule has 3 nitrogen and oxygen atoms in total. The second-order valence-electron chi connectivity index (χ2n) is 6.26. The lowest BCUT2D eigenvalue weighted by Crippen LogP contribution is -2.39. The summed E-state index contributed by atoms with van der Waals surface area (Å²) in [6.07, 6.45) is 3.06. The first-order chi connectivity index (χ1) is 10.6. The minimum atomic E-state index is 0.233. The number of amides is 1. The second-order valence-corrected chi connectivity index (χ2v) is 7.37. The first-order valence-electron chi connectivity index (χ1n) is 8.24. The third-order valence-corrected chi connectivity index (χ3v) is 5.32. The Bertz CT molecular complexity index is 470. The second kappa shape index (κ2) is 9.21. The molecule has 1 aliphatic heterocycles. The molecule has 1 heterocycles. The zero-order valence-electron chi connectivity index (χ0n) is 13.8. The summed E-state index contributed by atoms with van der Waals surface area (Å²) in [6.45, 7) is 5.04. The van der Waals surface area contributed by atoms with Gasteiger partial charge in [0, 0.05) is 18.2 Å². The van der Waals surface area contributed by atoms with Gasteiger partial charge in [0.1, 0.15) is 0 Å². The summed E-state index contributed by atoms with van der Waals surface area (Å²) in [5.74, 6) is 2.65. The van der Waals surface area contributed by atoms with Gasteiger partial charge >= 0.3 is 0 Å². The summed E-state index contributed by atoms with van der Waals surface area (Å²) in [6, 6.07) is 8.68. The number of nitrogens with one attached hydrogen (secondary N) is 1. The molecule has 0 spiro atoms. The van der Waals surface area contributed by atoms with Gasteiger partial charge in [0.05, 0.1) is 0 Å². The fourth-order valence-electron chi connectivity index (χ4n) is 2.79. The van der Waals surface area contributed by atoms with Crippen molar-refractivity contribution in [2.24, 2.45) is 5.92 Å². The van der Waals surface area contributed by atoms with E-state index in [1.165, 1.54) is 11.1 Å². The molecule has 0 aromatic heterocycles. The number of aryl methyl sites for hydroxylation is 1. The number of benzene rings is 1. The Morgan fingerprint density at radius 2 is 2.14 bits per heavy atom. The Hall–Kier alpha value is -1.00. The highest BCUT2D eigenvalue weighted by Gasteiger charge is 2.22. The van der Waals surface area contributed by atoms with Gasteiger partial charge in [-0.15, -0.1) is 0 Å². The summed E-state index contributed by atoms with van der Waals surface area (Å²) >= 11 is 1.94. The summed E-state index contributed by atoms with van der Waals surface area (Å²) < 4.78 is 0. The molecule has 1 fully saturated rings. The largest absolute Gasteiger partial charge is 0.356 e. The lowest BCUT2D eigenvalue weighted by atomic mass is 9.96. The van der Waals surface area contributed by atoms with Crippen molar-refractivity contribution in [1.29, 1.82) is 0 Å².